The lowest BCUT2D eigenvalue weighted by Gasteiger charge is -2.19. The second kappa shape index (κ2) is 6.13. The summed E-state index contributed by atoms with van der Waals surface area (Å²) in [7, 11) is 0. The summed E-state index contributed by atoms with van der Waals surface area (Å²) in [6.45, 7) is 0.573. The van der Waals surface area contributed by atoms with Gasteiger partial charge in [-0.25, -0.2) is 15.0 Å². The molecule has 0 aliphatic heterocycles. The van der Waals surface area contributed by atoms with Crippen LogP contribution in [0, 0.1) is 0 Å². The molecule has 0 unspecified atom stereocenters. The molecule has 0 spiro atoms. The van der Waals surface area contributed by atoms with Crippen LogP contribution in [0.4, 0.5) is 5.82 Å². The monoisotopic (exact) mass is 299 g/mol. The third-order valence-corrected chi connectivity index (χ3v) is 3.87. The Bertz CT molecular complexity index is 657. The van der Waals surface area contributed by atoms with Crippen LogP contribution in [0.25, 0.3) is 0 Å². The normalized spacial score (nSPS) is 13.5. The fourth-order valence-electron chi connectivity index (χ4n) is 2.55. The summed E-state index contributed by atoms with van der Waals surface area (Å²) in [4.78, 5) is 13.2. The van der Waals surface area contributed by atoms with Crippen LogP contribution in [0.3, 0.4) is 0 Å². The Balaban J connectivity index is 1.87. The number of aromatic nitrogens is 3. The van der Waals surface area contributed by atoms with Gasteiger partial charge in [-0.1, -0.05) is 12.2 Å². The van der Waals surface area contributed by atoms with Gasteiger partial charge in [0.25, 0.3) is 0 Å². The first-order valence-electron chi connectivity index (χ1n) is 7.05. The van der Waals surface area contributed by atoms with Crippen molar-refractivity contribution in [3.63, 3.8) is 0 Å². The number of hydrogen-bond acceptors (Lipinski definition) is 5. The van der Waals surface area contributed by atoms with Crippen LogP contribution in [0.1, 0.15) is 35.4 Å². The second-order valence-electron chi connectivity index (χ2n) is 5.12. The van der Waals surface area contributed by atoms with Crippen LogP contribution in [-0.4, -0.2) is 19.9 Å². The van der Waals surface area contributed by atoms with Gasteiger partial charge in [-0.3, -0.25) is 0 Å². The molecule has 0 bridgehead atoms. The molecular formula is C15H17N5S. The van der Waals surface area contributed by atoms with Gasteiger partial charge in [0.2, 0.25) is 0 Å². The molecule has 6 heteroatoms. The molecule has 0 radical (unpaired) electrons. The van der Waals surface area contributed by atoms with E-state index >= 15 is 0 Å². The zero-order valence-electron chi connectivity index (χ0n) is 11.7. The van der Waals surface area contributed by atoms with Crippen molar-refractivity contribution < 1.29 is 0 Å². The lowest BCUT2D eigenvalue weighted by molar-refractivity contribution is 0.668. The van der Waals surface area contributed by atoms with Crippen molar-refractivity contribution in [3.05, 3.63) is 47.2 Å². The number of aryl methyl sites for hydroxylation is 2. The Hall–Kier alpha value is -2.08. The van der Waals surface area contributed by atoms with Crippen molar-refractivity contribution >= 4 is 23.0 Å². The summed E-state index contributed by atoms with van der Waals surface area (Å²) in [6.07, 6.45) is 7.74. The first-order valence-corrected chi connectivity index (χ1v) is 7.46. The molecule has 0 fully saturated rings. The first kappa shape index (κ1) is 13.9. The average Bonchev–Trinajstić information content (AvgIpc) is 2.53. The number of pyridine rings is 1. The van der Waals surface area contributed by atoms with Gasteiger partial charge < -0.3 is 11.1 Å². The highest BCUT2D eigenvalue weighted by Crippen LogP contribution is 2.25. The molecule has 0 saturated carbocycles. The lowest BCUT2D eigenvalue weighted by atomic mass is 9.94. The molecule has 3 rings (SSSR count). The number of anilines is 1. The Kier molecular flexibility index (Phi) is 4.06. The molecule has 3 N–H and O–H groups in total. The predicted octanol–water partition coefficient (Wildman–Crippen LogP) is 2.00. The molecule has 2 aromatic heterocycles. The van der Waals surface area contributed by atoms with Crippen LogP contribution in [0.15, 0.2) is 24.7 Å². The van der Waals surface area contributed by atoms with E-state index in [1.807, 2.05) is 6.07 Å². The largest absolute Gasteiger partial charge is 0.389 e. The van der Waals surface area contributed by atoms with E-state index in [9.17, 15) is 0 Å². The number of thiocarbonyl (C=S) groups is 1. The van der Waals surface area contributed by atoms with Gasteiger partial charge in [-0.15, -0.1) is 0 Å². The SMILES string of the molecule is NC(=S)c1cc2c(nc1NCc1ccncn1)CCCC2. The van der Waals surface area contributed by atoms with Gasteiger partial charge in [0.1, 0.15) is 17.1 Å². The van der Waals surface area contributed by atoms with Crippen molar-refractivity contribution in [2.45, 2.75) is 32.2 Å². The van der Waals surface area contributed by atoms with E-state index in [1.165, 1.54) is 24.7 Å². The van der Waals surface area contributed by atoms with Crippen LogP contribution >= 0.6 is 12.2 Å². The molecular weight excluding hydrogens is 282 g/mol. The maximum Gasteiger partial charge on any atom is 0.136 e. The summed E-state index contributed by atoms with van der Waals surface area (Å²) in [6, 6.07) is 3.96. The van der Waals surface area contributed by atoms with E-state index in [0.29, 0.717) is 11.5 Å². The zero-order valence-corrected chi connectivity index (χ0v) is 12.5. The average molecular weight is 299 g/mol. The van der Waals surface area contributed by atoms with Crippen LogP contribution in [-0.2, 0) is 19.4 Å². The van der Waals surface area contributed by atoms with Crippen molar-refractivity contribution in [3.8, 4) is 0 Å². The van der Waals surface area contributed by atoms with E-state index in [-0.39, 0.29) is 0 Å². The quantitative estimate of drug-likeness (QED) is 0.841. The number of rotatable bonds is 4. The molecule has 2 aromatic rings. The minimum absolute atomic E-state index is 0.376. The van der Waals surface area contributed by atoms with Crippen molar-refractivity contribution in [2.24, 2.45) is 5.73 Å². The maximum absolute atomic E-state index is 5.84. The minimum Gasteiger partial charge on any atom is -0.389 e. The van der Waals surface area contributed by atoms with Gasteiger partial charge in [0, 0.05) is 11.9 Å². The summed E-state index contributed by atoms with van der Waals surface area (Å²) in [5.74, 6) is 0.752. The van der Waals surface area contributed by atoms with Gasteiger partial charge in [0.05, 0.1) is 17.8 Å². The van der Waals surface area contributed by atoms with E-state index < -0.39 is 0 Å². The Labute approximate surface area is 129 Å². The number of nitrogens with one attached hydrogen (secondary N) is 1. The van der Waals surface area contributed by atoms with Gasteiger partial charge in [-0.2, -0.15) is 0 Å². The van der Waals surface area contributed by atoms with Gasteiger partial charge in [-0.05, 0) is 43.4 Å². The highest BCUT2D eigenvalue weighted by molar-refractivity contribution is 7.80. The molecule has 0 amide bonds. The van der Waals surface area contributed by atoms with E-state index in [2.05, 4.69) is 21.4 Å². The minimum atomic E-state index is 0.376. The zero-order chi connectivity index (χ0) is 14.7. The fourth-order valence-corrected chi connectivity index (χ4v) is 2.71. The molecule has 1 aliphatic carbocycles. The molecule has 0 saturated heterocycles. The predicted molar refractivity (Wildman–Crippen MR) is 86.1 cm³/mol. The topological polar surface area (TPSA) is 76.7 Å². The number of nitrogens with zero attached hydrogens (tertiary/aromatic N) is 3. The Morgan fingerprint density at radius 1 is 1.33 bits per heavy atom. The number of nitrogens with two attached hydrogens (primary N) is 1. The molecule has 108 valence electrons. The lowest BCUT2D eigenvalue weighted by Crippen LogP contribution is -2.18. The van der Waals surface area contributed by atoms with E-state index in [1.54, 1.807) is 6.20 Å². The van der Waals surface area contributed by atoms with Crippen molar-refractivity contribution in [2.75, 3.05) is 5.32 Å². The molecule has 2 heterocycles. The molecule has 1 aliphatic rings. The smallest absolute Gasteiger partial charge is 0.136 e. The van der Waals surface area contributed by atoms with Crippen LogP contribution in [0.5, 0.6) is 0 Å². The first-order chi connectivity index (χ1) is 10.2. The summed E-state index contributed by atoms with van der Waals surface area (Å²) in [5.41, 5.74) is 10.00. The number of hydrogen-bond donors (Lipinski definition) is 2. The molecule has 5 nitrogen and oxygen atoms in total. The standard InChI is InChI=1S/C15H17N5S/c16-14(21)12-7-10-3-1-2-4-13(10)20-15(12)18-8-11-5-6-17-9-19-11/h5-7,9H,1-4,8H2,(H2,16,21)(H,18,20). The molecule has 0 aromatic carbocycles. The maximum atomic E-state index is 5.84. The van der Waals surface area contributed by atoms with E-state index in [0.717, 1.165) is 35.6 Å². The molecule has 21 heavy (non-hydrogen) atoms. The Morgan fingerprint density at radius 3 is 2.95 bits per heavy atom. The number of fused-ring (bicyclic) bond motifs is 1. The van der Waals surface area contributed by atoms with Gasteiger partial charge >= 0.3 is 0 Å². The summed E-state index contributed by atoms with van der Waals surface area (Å²) in [5, 5.41) is 3.29. The van der Waals surface area contributed by atoms with Crippen molar-refractivity contribution in [1.29, 1.82) is 0 Å². The fraction of sp³-hybridized carbons (Fsp3) is 0.333. The van der Waals surface area contributed by atoms with E-state index in [4.69, 9.17) is 22.9 Å². The Morgan fingerprint density at radius 2 is 2.19 bits per heavy atom. The van der Waals surface area contributed by atoms with Crippen molar-refractivity contribution in [1.82, 2.24) is 15.0 Å². The third kappa shape index (κ3) is 3.16. The van der Waals surface area contributed by atoms with Gasteiger partial charge in [0.15, 0.2) is 0 Å². The summed E-state index contributed by atoms with van der Waals surface area (Å²) < 4.78 is 0. The third-order valence-electron chi connectivity index (χ3n) is 3.65. The second-order valence-corrected chi connectivity index (χ2v) is 5.56. The molecule has 0 atom stereocenters. The highest BCUT2D eigenvalue weighted by Gasteiger charge is 2.16. The summed E-state index contributed by atoms with van der Waals surface area (Å²) >= 11 is 5.16. The van der Waals surface area contributed by atoms with Crippen LogP contribution in [0.2, 0.25) is 0 Å². The highest BCUT2D eigenvalue weighted by atomic mass is 32.1. The van der Waals surface area contributed by atoms with Crippen LogP contribution < -0.4 is 11.1 Å².